The Labute approximate surface area is 102 Å². The molecule has 0 unspecified atom stereocenters. The summed E-state index contributed by atoms with van der Waals surface area (Å²) < 4.78 is 0. The van der Waals surface area contributed by atoms with E-state index < -0.39 is 31.3 Å². The molecule has 0 aromatic carbocycles. The molecule has 2 N–H and O–H groups in total. The predicted molar refractivity (Wildman–Crippen MR) is 67.1 cm³/mol. The van der Waals surface area contributed by atoms with Crippen LogP contribution >= 0.6 is 0 Å². The second kappa shape index (κ2) is 4.44. The Hall–Kier alpha value is -1.43. The highest BCUT2D eigenvalue weighted by molar-refractivity contribution is 6.76. The van der Waals surface area contributed by atoms with Crippen molar-refractivity contribution in [3.63, 3.8) is 0 Å². The maximum atomic E-state index is 12.0. The second-order valence-electron chi connectivity index (χ2n) is 5.55. The molecule has 0 spiro atoms. The molecule has 17 heavy (non-hydrogen) atoms. The third-order valence-corrected chi connectivity index (χ3v) is 4.31. The van der Waals surface area contributed by atoms with Crippen molar-refractivity contribution in [1.82, 2.24) is 10.6 Å². The molecular formula is C11H18N2O3Si. The minimum atomic E-state index is -1.64. The third kappa shape index (κ3) is 2.82. The maximum absolute atomic E-state index is 12.0. The van der Waals surface area contributed by atoms with Crippen LogP contribution < -0.4 is 10.6 Å². The molecular weight excluding hydrogens is 236 g/mol. The van der Waals surface area contributed by atoms with E-state index >= 15 is 0 Å². The molecule has 1 rings (SSSR count). The fourth-order valence-corrected chi connectivity index (χ4v) is 4.43. The molecule has 0 aromatic rings. The normalized spacial score (nSPS) is 19.6. The summed E-state index contributed by atoms with van der Waals surface area (Å²) in [5.74, 6) is -1.01. The summed E-state index contributed by atoms with van der Waals surface area (Å²) in [6.07, 6.45) is 1.80. The van der Waals surface area contributed by atoms with Crippen LogP contribution in [0.25, 0.3) is 0 Å². The Morgan fingerprint density at radius 1 is 1.18 bits per heavy atom. The third-order valence-electron chi connectivity index (χ3n) is 2.65. The first-order chi connectivity index (χ1) is 7.71. The molecule has 0 atom stereocenters. The molecule has 1 heterocycles. The van der Waals surface area contributed by atoms with Gasteiger partial charge in [0.1, 0.15) is 5.41 Å². The van der Waals surface area contributed by atoms with Crippen LogP contribution in [-0.2, 0) is 9.59 Å². The van der Waals surface area contributed by atoms with Gasteiger partial charge in [-0.2, -0.15) is 0 Å². The molecule has 0 saturated carbocycles. The number of allylic oxidation sites excluding steroid dienone is 1. The summed E-state index contributed by atoms with van der Waals surface area (Å²) in [4.78, 5) is 35.0. The molecule has 6 heteroatoms. The first-order valence-corrected chi connectivity index (χ1v) is 9.20. The molecule has 0 radical (unpaired) electrons. The van der Waals surface area contributed by atoms with Crippen molar-refractivity contribution < 1.29 is 14.4 Å². The van der Waals surface area contributed by atoms with Crippen LogP contribution in [0.15, 0.2) is 12.7 Å². The predicted octanol–water partition coefficient (Wildman–Crippen LogP) is 1.25. The first-order valence-electron chi connectivity index (χ1n) is 5.49. The number of barbiturate groups is 1. The Morgan fingerprint density at radius 3 is 2.00 bits per heavy atom. The van der Waals surface area contributed by atoms with E-state index in [-0.39, 0.29) is 6.42 Å². The standard InChI is InChI=1S/C11H18N2O3Si/c1-5-6-11(7-17(2,3)4)8(14)12-10(16)13-9(11)15/h5H,1,6-7H2,2-4H3,(H2,12,13,14,15,16). The van der Waals surface area contributed by atoms with Gasteiger partial charge in [0, 0.05) is 8.07 Å². The highest BCUT2D eigenvalue weighted by atomic mass is 28.3. The van der Waals surface area contributed by atoms with Crippen LogP contribution in [0.4, 0.5) is 4.79 Å². The number of hydrogen-bond acceptors (Lipinski definition) is 3. The minimum absolute atomic E-state index is 0.252. The second-order valence-corrected chi connectivity index (χ2v) is 11.0. The number of carbonyl (C=O) groups is 3. The summed E-state index contributed by atoms with van der Waals surface area (Å²) in [5, 5.41) is 4.35. The van der Waals surface area contributed by atoms with Gasteiger partial charge < -0.3 is 0 Å². The van der Waals surface area contributed by atoms with Crippen LogP contribution in [0.3, 0.4) is 0 Å². The largest absolute Gasteiger partial charge is 0.328 e. The lowest BCUT2D eigenvalue weighted by atomic mass is 9.83. The number of hydrogen-bond donors (Lipinski definition) is 2. The minimum Gasteiger partial charge on any atom is -0.277 e. The monoisotopic (exact) mass is 254 g/mol. The van der Waals surface area contributed by atoms with Crippen LogP contribution in [0.5, 0.6) is 0 Å². The number of urea groups is 1. The number of carbonyl (C=O) groups excluding carboxylic acids is 3. The highest BCUT2D eigenvalue weighted by Crippen LogP contribution is 2.35. The summed E-state index contributed by atoms with van der Waals surface area (Å²) in [6, 6.07) is -0.244. The van der Waals surface area contributed by atoms with E-state index in [1.165, 1.54) is 0 Å². The quantitative estimate of drug-likeness (QED) is 0.450. The van der Waals surface area contributed by atoms with Gasteiger partial charge in [0.2, 0.25) is 11.8 Å². The van der Waals surface area contributed by atoms with Gasteiger partial charge in [-0.3, -0.25) is 20.2 Å². The summed E-state index contributed by atoms with van der Waals surface area (Å²) in [6.45, 7) is 9.82. The van der Waals surface area contributed by atoms with Gasteiger partial charge in [-0.1, -0.05) is 25.7 Å². The van der Waals surface area contributed by atoms with Crippen molar-refractivity contribution in [1.29, 1.82) is 0 Å². The lowest BCUT2D eigenvalue weighted by Crippen LogP contribution is -2.63. The lowest BCUT2D eigenvalue weighted by molar-refractivity contribution is -0.142. The molecule has 1 aliphatic rings. The smallest absolute Gasteiger partial charge is 0.277 e. The summed E-state index contributed by atoms with van der Waals surface area (Å²) in [7, 11) is -1.64. The topological polar surface area (TPSA) is 75.3 Å². The van der Waals surface area contributed by atoms with E-state index in [0.29, 0.717) is 6.04 Å². The molecule has 1 saturated heterocycles. The molecule has 4 amide bonds. The maximum Gasteiger partial charge on any atom is 0.328 e. The van der Waals surface area contributed by atoms with Gasteiger partial charge in [0.05, 0.1) is 0 Å². The van der Waals surface area contributed by atoms with Crippen molar-refractivity contribution in [2.24, 2.45) is 5.41 Å². The zero-order valence-electron chi connectivity index (χ0n) is 10.4. The van der Waals surface area contributed by atoms with E-state index in [1.807, 2.05) is 0 Å². The summed E-state index contributed by atoms with van der Waals surface area (Å²) in [5.41, 5.74) is -1.17. The van der Waals surface area contributed by atoms with Gasteiger partial charge in [-0.05, 0) is 12.5 Å². The van der Waals surface area contributed by atoms with E-state index in [0.717, 1.165) is 0 Å². The van der Waals surface area contributed by atoms with Gasteiger partial charge in [-0.25, -0.2) is 4.79 Å². The van der Waals surface area contributed by atoms with Gasteiger partial charge in [0.25, 0.3) is 0 Å². The molecule has 5 nitrogen and oxygen atoms in total. The van der Waals surface area contributed by atoms with Gasteiger partial charge in [-0.15, -0.1) is 6.58 Å². The fraction of sp³-hybridized carbons (Fsp3) is 0.545. The van der Waals surface area contributed by atoms with Crippen molar-refractivity contribution in [2.45, 2.75) is 32.1 Å². The van der Waals surface area contributed by atoms with Crippen molar-refractivity contribution >= 4 is 25.9 Å². The molecule has 0 aliphatic carbocycles. The van der Waals surface area contributed by atoms with E-state index in [1.54, 1.807) is 6.08 Å². The van der Waals surface area contributed by atoms with Crippen LogP contribution in [-0.4, -0.2) is 25.9 Å². The SMILES string of the molecule is C=CCC1(C[Si](C)(C)C)C(=O)NC(=O)NC1=O. The zero-order valence-corrected chi connectivity index (χ0v) is 11.4. The molecule has 1 fully saturated rings. The highest BCUT2D eigenvalue weighted by Gasteiger charge is 2.51. The zero-order chi connectivity index (χ0) is 13.3. The number of imide groups is 2. The van der Waals surface area contributed by atoms with Gasteiger partial charge in [0.15, 0.2) is 0 Å². The Morgan fingerprint density at radius 2 is 1.65 bits per heavy atom. The first kappa shape index (κ1) is 13.6. The van der Waals surface area contributed by atoms with Crippen molar-refractivity contribution in [3.8, 4) is 0 Å². The number of nitrogens with one attached hydrogen (secondary N) is 2. The van der Waals surface area contributed by atoms with Crippen molar-refractivity contribution in [2.75, 3.05) is 0 Å². The molecule has 94 valence electrons. The van der Waals surface area contributed by atoms with E-state index in [9.17, 15) is 14.4 Å². The average Bonchev–Trinajstić information content (AvgIpc) is 2.12. The molecule has 0 bridgehead atoms. The van der Waals surface area contributed by atoms with Gasteiger partial charge >= 0.3 is 6.03 Å². The van der Waals surface area contributed by atoms with E-state index in [2.05, 4.69) is 36.9 Å². The fourth-order valence-electron chi connectivity index (χ4n) is 2.15. The van der Waals surface area contributed by atoms with Crippen LogP contribution in [0.1, 0.15) is 6.42 Å². The number of rotatable bonds is 4. The van der Waals surface area contributed by atoms with Crippen molar-refractivity contribution in [3.05, 3.63) is 12.7 Å². The Bertz CT molecular complexity index is 365. The Kier molecular flexibility index (Phi) is 3.56. The average molecular weight is 254 g/mol. The lowest BCUT2D eigenvalue weighted by Gasteiger charge is -2.36. The molecule has 1 aliphatic heterocycles. The van der Waals surface area contributed by atoms with Crippen LogP contribution in [0, 0.1) is 5.41 Å². The van der Waals surface area contributed by atoms with E-state index in [4.69, 9.17) is 0 Å². The number of amides is 4. The Balaban J connectivity index is 3.12. The summed E-state index contributed by atoms with van der Waals surface area (Å²) >= 11 is 0. The van der Waals surface area contributed by atoms with Crippen LogP contribution in [0.2, 0.25) is 25.7 Å². The molecule has 0 aromatic heterocycles.